The molecule has 1 heterocycles. The lowest BCUT2D eigenvalue weighted by atomic mass is 9.90. The van der Waals surface area contributed by atoms with Crippen molar-refractivity contribution in [2.75, 3.05) is 6.54 Å². The summed E-state index contributed by atoms with van der Waals surface area (Å²) in [7, 11) is 0. The van der Waals surface area contributed by atoms with Gasteiger partial charge in [-0.05, 0) is 44.4 Å². The van der Waals surface area contributed by atoms with Gasteiger partial charge in [0, 0.05) is 0 Å². The first kappa shape index (κ1) is 16.7. The van der Waals surface area contributed by atoms with Gasteiger partial charge in [0.2, 0.25) is 0 Å². The first-order valence-corrected chi connectivity index (χ1v) is 8.68. The fourth-order valence-corrected chi connectivity index (χ4v) is 3.78. The molecule has 0 aliphatic carbocycles. The van der Waals surface area contributed by atoms with Crippen molar-refractivity contribution in [3.8, 4) is 0 Å². The molecule has 1 saturated heterocycles. The Morgan fingerprint density at radius 3 is 2.12 bits per heavy atom. The third kappa shape index (κ3) is 3.51. The molecule has 2 aromatic rings. The van der Waals surface area contributed by atoms with Crippen molar-refractivity contribution in [1.82, 2.24) is 4.90 Å². The van der Waals surface area contributed by atoms with Crippen LogP contribution in [0.15, 0.2) is 48.5 Å². The molecule has 0 saturated carbocycles. The zero-order chi connectivity index (χ0) is 17.1. The van der Waals surface area contributed by atoms with E-state index in [1.54, 1.807) is 0 Å². The van der Waals surface area contributed by atoms with Gasteiger partial charge in [-0.3, -0.25) is 9.69 Å². The maximum Gasteiger partial charge on any atom is 0.320 e. The predicted molar refractivity (Wildman–Crippen MR) is 96.2 cm³/mol. The van der Waals surface area contributed by atoms with E-state index < -0.39 is 12.0 Å². The van der Waals surface area contributed by atoms with E-state index in [0.717, 1.165) is 25.8 Å². The molecule has 1 aliphatic rings. The van der Waals surface area contributed by atoms with Crippen LogP contribution < -0.4 is 0 Å². The Bertz CT molecular complexity index is 680. The number of rotatable bonds is 4. The summed E-state index contributed by atoms with van der Waals surface area (Å²) in [6.45, 7) is 4.99. The number of hydrogen-bond acceptors (Lipinski definition) is 2. The number of likely N-dealkylation sites (tertiary alicyclic amines) is 1. The van der Waals surface area contributed by atoms with E-state index in [1.807, 2.05) is 0 Å². The largest absolute Gasteiger partial charge is 0.480 e. The second-order valence-electron chi connectivity index (χ2n) is 6.82. The van der Waals surface area contributed by atoms with Crippen LogP contribution in [0.3, 0.4) is 0 Å². The van der Waals surface area contributed by atoms with Crippen LogP contribution in [0.2, 0.25) is 0 Å². The number of carboxylic acids is 1. The Balaban J connectivity index is 2.09. The molecule has 24 heavy (non-hydrogen) atoms. The van der Waals surface area contributed by atoms with E-state index in [4.69, 9.17) is 0 Å². The van der Waals surface area contributed by atoms with Crippen molar-refractivity contribution in [3.05, 3.63) is 70.8 Å². The number of benzene rings is 2. The molecular formula is C21H25NO2. The Labute approximate surface area is 143 Å². The summed E-state index contributed by atoms with van der Waals surface area (Å²) in [6, 6.07) is 16.5. The van der Waals surface area contributed by atoms with Gasteiger partial charge in [0.05, 0.1) is 6.04 Å². The van der Waals surface area contributed by atoms with Gasteiger partial charge >= 0.3 is 5.97 Å². The predicted octanol–water partition coefficient (Wildman–Crippen LogP) is 4.33. The number of carbonyl (C=O) groups is 1. The van der Waals surface area contributed by atoms with E-state index in [-0.39, 0.29) is 6.04 Å². The number of hydrogen-bond donors (Lipinski definition) is 1. The smallest absolute Gasteiger partial charge is 0.320 e. The minimum atomic E-state index is -0.708. The van der Waals surface area contributed by atoms with Crippen LogP contribution in [-0.2, 0) is 4.79 Å². The monoisotopic (exact) mass is 323 g/mol. The highest BCUT2D eigenvalue weighted by Crippen LogP contribution is 2.34. The molecule has 1 aliphatic heterocycles. The second-order valence-corrected chi connectivity index (χ2v) is 6.82. The van der Waals surface area contributed by atoms with Gasteiger partial charge in [0.1, 0.15) is 6.04 Å². The molecule has 1 unspecified atom stereocenters. The van der Waals surface area contributed by atoms with Gasteiger partial charge in [-0.2, -0.15) is 0 Å². The minimum absolute atomic E-state index is 0.00815. The van der Waals surface area contributed by atoms with Crippen LogP contribution in [-0.4, -0.2) is 28.6 Å². The third-order valence-electron chi connectivity index (χ3n) is 4.88. The van der Waals surface area contributed by atoms with E-state index >= 15 is 0 Å². The zero-order valence-corrected chi connectivity index (χ0v) is 14.4. The van der Waals surface area contributed by atoms with Gasteiger partial charge in [0.15, 0.2) is 0 Å². The molecule has 1 N–H and O–H groups in total. The van der Waals surface area contributed by atoms with Crippen molar-refractivity contribution in [2.24, 2.45) is 0 Å². The normalized spacial score (nSPS) is 18.7. The molecule has 0 bridgehead atoms. The van der Waals surface area contributed by atoms with Gasteiger partial charge in [0.25, 0.3) is 0 Å². The topological polar surface area (TPSA) is 40.5 Å². The Morgan fingerprint density at radius 2 is 1.62 bits per heavy atom. The lowest BCUT2D eigenvalue weighted by Gasteiger charge is -2.39. The fourth-order valence-electron chi connectivity index (χ4n) is 3.78. The highest BCUT2D eigenvalue weighted by molar-refractivity contribution is 5.73. The molecule has 1 fully saturated rings. The highest BCUT2D eigenvalue weighted by Gasteiger charge is 2.35. The fraction of sp³-hybridized carbons (Fsp3) is 0.381. The lowest BCUT2D eigenvalue weighted by molar-refractivity contribution is -0.145. The van der Waals surface area contributed by atoms with Crippen molar-refractivity contribution < 1.29 is 9.90 Å². The van der Waals surface area contributed by atoms with Crippen molar-refractivity contribution >= 4 is 5.97 Å². The summed E-state index contributed by atoms with van der Waals surface area (Å²) in [5.41, 5.74) is 4.76. The number of piperidine rings is 1. The Kier molecular flexibility index (Phi) is 5.00. The van der Waals surface area contributed by atoms with E-state index in [2.05, 4.69) is 67.3 Å². The molecule has 0 radical (unpaired) electrons. The van der Waals surface area contributed by atoms with Crippen LogP contribution in [0.5, 0.6) is 0 Å². The molecule has 0 spiro atoms. The maximum absolute atomic E-state index is 11.8. The Morgan fingerprint density at radius 1 is 1.04 bits per heavy atom. The van der Waals surface area contributed by atoms with E-state index in [0.29, 0.717) is 0 Å². The number of aliphatic carboxylic acids is 1. The molecule has 126 valence electrons. The van der Waals surface area contributed by atoms with Crippen LogP contribution in [0.1, 0.15) is 47.6 Å². The van der Waals surface area contributed by atoms with Gasteiger partial charge < -0.3 is 5.11 Å². The first-order chi connectivity index (χ1) is 11.6. The minimum Gasteiger partial charge on any atom is -0.480 e. The summed E-state index contributed by atoms with van der Waals surface area (Å²) < 4.78 is 0. The lowest BCUT2D eigenvalue weighted by Crippen LogP contribution is -2.46. The average Bonchev–Trinajstić information content (AvgIpc) is 2.56. The SMILES string of the molecule is Cc1cccc(C(c2cccc(C)c2)N2CCCCC2C(=O)O)c1. The molecule has 3 rings (SSSR count). The summed E-state index contributed by atoms with van der Waals surface area (Å²) in [6.07, 6.45) is 2.77. The number of aryl methyl sites for hydroxylation is 2. The molecule has 1 atom stereocenters. The van der Waals surface area contributed by atoms with Crippen LogP contribution in [0, 0.1) is 13.8 Å². The second kappa shape index (κ2) is 7.18. The summed E-state index contributed by atoms with van der Waals surface area (Å²) in [5.74, 6) is -0.708. The molecule has 0 amide bonds. The molecule has 2 aromatic carbocycles. The first-order valence-electron chi connectivity index (χ1n) is 8.68. The average molecular weight is 323 g/mol. The van der Waals surface area contributed by atoms with Gasteiger partial charge in [-0.25, -0.2) is 0 Å². The zero-order valence-electron chi connectivity index (χ0n) is 14.4. The van der Waals surface area contributed by atoms with E-state index in [9.17, 15) is 9.90 Å². The molecule has 3 heteroatoms. The molecular weight excluding hydrogens is 298 g/mol. The summed E-state index contributed by atoms with van der Waals surface area (Å²) in [4.78, 5) is 14.0. The van der Waals surface area contributed by atoms with E-state index in [1.165, 1.54) is 22.3 Å². The maximum atomic E-state index is 11.8. The number of carboxylic acid groups (broad SMARTS) is 1. The summed E-state index contributed by atoms with van der Waals surface area (Å²) in [5, 5.41) is 9.72. The Hall–Kier alpha value is -2.13. The van der Waals surface area contributed by atoms with Crippen molar-refractivity contribution in [1.29, 1.82) is 0 Å². The molecule has 3 nitrogen and oxygen atoms in total. The highest BCUT2D eigenvalue weighted by atomic mass is 16.4. The molecule has 0 aromatic heterocycles. The van der Waals surface area contributed by atoms with Crippen LogP contribution in [0.25, 0.3) is 0 Å². The number of nitrogens with zero attached hydrogens (tertiary/aromatic N) is 1. The standard InChI is InChI=1S/C21H25NO2/c1-15-7-5-9-17(13-15)20(18-10-6-8-16(2)14-18)22-12-4-3-11-19(22)21(23)24/h5-10,13-14,19-20H,3-4,11-12H2,1-2H3,(H,23,24). The van der Waals surface area contributed by atoms with Gasteiger partial charge in [-0.15, -0.1) is 0 Å². The van der Waals surface area contributed by atoms with Crippen LogP contribution in [0.4, 0.5) is 0 Å². The van der Waals surface area contributed by atoms with Crippen molar-refractivity contribution in [3.63, 3.8) is 0 Å². The van der Waals surface area contributed by atoms with Crippen LogP contribution >= 0.6 is 0 Å². The summed E-state index contributed by atoms with van der Waals surface area (Å²) >= 11 is 0. The van der Waals surface area contributed by atoms with Gasteiger partial charge in [-0.1, -0.05) is 66.1 Å². The quantitative estimate of drug-likeness (QED) is 0.910. The van der Waals surface area contributed by atoms with Crippen molar-refractivity contribution in [2.45, 2.75) is 45.2 Å². The third-order valence-corrected chi connectivity index (χ3v) is 4.88.